The van der Waals surface area contributed by atoms with Crippen LogP contribution in [0.2, 0.25) is 0 Å². The van der Waals surface area contributed by atoms with Gasteiger partial charge in [-0.2, -0.15) is 0 Å². The van der Waals surface area contributed by atoms with Crippen LogP contribution < -0.4 is 10.4 Å². The van der Waals surface area contributed by atoms with Crippen molar-refractivity contribution in [2.45, 2.75) is 77.3 Å². The molecule has 4 saturated heterocycles. The molecule has 2 aromatic rings. The summed E-state index contributed by atoms with van der Waals surface area (Å²) in [6.07, 6.45) is 3.04. The van der Waals surface area contributed by atoms with Gasteiger partial charge in [-0.1, -0.05) is 13.8 Å². The first-order valence-electron chi connectivity index (χ1n) is 12.8. The molecule has 8 nitrogen and oxygen atoms in total. The Morgan fingerprint density at radius 3 is 2.77 bits per heavy atom. The predicted molar refractivity (Wildman–Crippen MR) is 125 cm³/mol. The molecule has 4 aliphatic heterocycles. The van der Waals surface area contributed by atoms with Gasteiger partial charge in [-0.05, 0) is 62.6 Å². The average molecular weight is 487 g/mol. The molecule has 1 aromatic carbocycles. The smallest absolute Gasteiger partial charge is 0.336 e. The molecule has 1 saturated carbocycles. The average Bonchev–Trinajstić information content (AvgIpc) is 3.05. The van der Waals surface area contributed by atoms with Crippen LogP contribution in [0.25, 0.3) is 11.0 Å². The van der Waals surface area contributed by atoms with E-state index in [4.69, 9.17) is 33.1 Å². The first-order chi connectivity index (χ1) is 16.8. The Morgan fingerprint density at radius 1 is 1.06 bits per heavy atom. The van der Waals surface area contributed by atoms with E-state index < -0.39 is 24.0 Å². The third kappa shape index (κ3) is 3.81. The Morgan fingerprint density at radius 2 is 1.91 bits per heavy atom. The largest absolute Gasteiger partial charge is 0.491 e. The molecular formula is C27H34O8. The van der Waals surface area contributed by atoms with Gasteiger partial charge in [-0.15, -0.1) is 0 Å². The fourth-order valence-electron chi connectivity index (χ4n) is 6.78. The van der Waals surface area contributed by atoms with Gasteiger partial charge in [-0.25, -0.2) is 14.6 Å². The van der Waals surface area contributed by atoms with Crippen molar-refractivity contribution in [2.24, 2.45) is 23.7 Å². The molecule has 8 atom stereocenters. The summed E-state index contributed by atoms with van der Waals surface area (Å²) < 4.78 is 30.2. The Kier molecular flexibility index (Phi) is 5.73. The quantitative estimate of drug-likeness (QED) is 0.341. The molecule has 0 amide bonds. The highest BCUT2D eigenvalue weighted by atomic mass is 17.3. The van der Waals surface area contributed by atoms with E-state index in [0.717, 1.165) is 36.6 Å². The molecule has 190 valence electrons. The summed E-state index contributed by atoms with van der Waals surface area (Å²) in [6, 6.07) is 7.00. The Bertz CT molecular complexity index is 1160. The number of rotatable bonds is 5. The monoisotopic (exact) mass is 486 g/mol. The highest BCUT2D eigenvalue weighted by Crippen LogP contribution is 2.60. The zero-order valence-corrected chi connectivity index (χ0v) is 20.8. The van der Waals surface area contributed by atoms with Crippen LogP contribution in [0.15, 0.2) is 33.5 Å². The maximum absolute atomic E-state index is 11.7. The molecule has 2 bridgehead atoms. The van der Waals surface area contributed by atoms with Crippen LogP contribution in [0.4, 0.5) is 0 Å². The van der Waals surface area contributed by atoms with Gasteiger partial charge in [0.1, 0.15) is 17.9 Å². The Balaban J connectivity index is 1.13. The minimum atomic E-state index is -0.796. The van der Waals surface area contributed by atoms with Crippen molar-refractivity contribution < 1.29 is 33.1 Å². The summed E-state index contributed by atoms with van der Waals surface area (Å²) in [5, 5.41) is 0.893. The topological polar surface area (TPSA) is 85.6 Å². The lowest BCUT2D eigenvalue weighted by atomic mass is 9.58. The van der Waals surface area contributed by atoms with E-state index in [-0.39, 0.29) is 17.5 Å². The third-order valence-electron chi connectivity index (χ3n) is 8.65. The van der Waals surface area contributed by atoms with Crippen molar-refractivity contribution >= 4 is 11.0 Å². The summed E-state index contributed by atoms with van der Waals surface area (Å²) in [5.74, 6) is 1.03. The fourth-order valence-corrected chi connectivity index (χ4v) is 6.78. The fraction of sp³-hybridized carbons (Fsp3) is 0.667. The highest BCUT2D eigenvalue weighted by Gasteiger charge is 2.69. The lowest BCUT2D eigenvalue weighted by Crippen LogP contribution is -2.70. The van der Waals surface area contributed by atoms with Crippen molar-refractivity contribution in [3.05, 3.63) is 40.2 Å². The van der Waals surface area contributed by atoms with Gasteiger partial charge in [0.25, 0.3) is 0 Å². The van der Waals surface area contributed by atoms with Gasteiger partial charge >= 0.3 is 5.63 Å². The molecule has 1 aromatic heterocycles. The number of ether oxygens (including phenoxy) is 4. The summed E-state index contributed by atoms with van der Waals surface area (Å²) in [5.41, 5.74) is 0.440. The van der Waals surface area contributed by atoms with Crippen LogP contribution in [0.1, 0.15) is 52.0 Å². The maximum Gasteiger partial charge on any atom is 0.336 e. The first kappa shape index (κ1) is 23.4. The SMILES string of the molecule is Cc1cc(=O)oc2cc(OCCO[C@H]3O[C@@H]4O[C@@]5(C)CC[C@H]6[C@H](C)CC[C@@H]([C@H]3C)[C@@]46OO5)ccc12. The molecule has 1 spiro atoms. The second-order valence-corrected chi connectivity index (χ2v) is 10.9. The van der Waals surface area contributed by atoms with Crippen LogP contribution in [-0.4, -0.2) is 37.2 Å². The predicted octanol–water partition coefficient (Wildman–Crippen LogP) is 4.70. The number of aryl methyl sites for hydroxylation is 1. The minimum Gasteiger partial charge on any atom is -0.491 e. The number of fused-ring (bicyclic) bond motifs is 3. The van der Waals surface area contributed by atoms with Crippen LogP contribution in [-0.2, 0) is 24.0 Å². The van der Waals surface area contributed by atoms with E-state index in [1.54, 1.807) is 6.07 Å². The zero-order chi connectivity index (χ0) is 24.4. The van der Waals surface area contributed by atoms with Gasteiger partial charge < -0.3 is 23.4 Å². The molecule has 0 radical (unpaired) electrons. The molecule has 5 fully saturated rings. The summed E-state index contributed by atoms with van der Waals surface area (Å²) in [7, 11) is 0. The van der Waals surface area contributed by atoms with Gasteiger partial charge in [0.15, 0.2) is 18.2 Å². The van der Waals surface area contributed by atoms with E-state index in [0.29, 0.717) is 36.4 Å². The standard InChI is InChI=1S/C27H34O8/c1-15-5-8-21-17(3)24(32-25-27(21)20(15)9-10-26(4,33-25)34-35-27)30-12-11-29-18-6-7-19-16(2)13-23(28)31-22(19)14-18/h6-7,13-15,17,20-21,24-25H,5,8-12H2,1-4H3/t15-,17-,20+,21+,24+,25-,26-,27-/m1/s1. The lowest BCUT2D eigenvalue weighted by Gasteiger charge is -2.60. The number of benzene rings is 1. The summed E-state index contributed by atoms with van der Waals surface area (Å²) >= 11 is 0. The molecule has 7 rings (SSSR count). The normalized spacial score (nSPS) is 40.3. The maximum atomic E-state index is 11.7. The van der Waals surface area contributed by atoms with Crippen molar-refractivity contribution in [1.82, 2.24) is 0 Å². The Hall–Kier alpha value is -1.97. The van der Waals surface area contributed by atoms with E-state index in [1.165, 1.54) is 6.07 Å². The Labute approximate surface area is 204 Å². The van der Waals surface area contributed by atoms with Crippen molar-refractivity contribution in [1.29, 1.82) is 0 Å². The van der Waals surface area contributed by atoms with E-state index in [2.05, 4.69) is 13.8 Å². The van der Waals surface area contributed by atoms with Crippen molar-refractivity contribution in [3.63, 3.8) is 0 Å². The molecule has 8 heteroatoms. The minimum absolute atomic E-state index is 0.119. The number of hydrogen-bond acceptors (Lipinski definition) is 8. The van der Waals surface area contributed by atoms with E-state index in [9.17, 15) is 4.79 Å². The second-order valence-electron chi connectivity index (χ2n) is 10.9. The molecule has 5 aliphatic rings. The van der Waals surface area contributed by atoms with E-state index in [1.807, 2.05) is 26.0 Å². The number of hydrogen-bond donors (Lipinski definition) is 0. The van der Waals surface area contributed by atoms with Gasteiger partial charge in [0.2, 0.25) is 5.79 Å². The van der Waals surface area contributed by atoms with Gasteiger partial charge in [0.05, 0.1) is 6.61 Å². The summed E-state index contributed by atoms with van der Waals surface area (Å²) in [4.78, 5) is 23.7. The van der Waals surface area contributed by atoms with Crippen LogP contribution in [0, 0.1) is 30.6 Å². The first-order valence-corrected chi connectivity index (χ1v) is 12.8. The lowest BCUT2D eigenvalue weighted by molar-refractivity contribution is -0.577. The summed E-state index contributed by atoms with van der Waals surface area (Å²) in [6.45, 7) is 8.98. The van der Waals surface area contributed by atoms with Gasteiger partial charge in [0, 0.05) is 35.8 Å². The molecule has 35 heavy (non-hydrogen) atoms. The molecule has 0 unspecified atom stereocenters. The molecular weight excluding hydrogens is 452 g/mol. The molecule has 1 aliphatic carbocycles. The van der Waals surface area contributed by atoms with Gasteiger partial charge in [-0.3, -0.25) is 0 Å². The third-order valence-corrected chi connectivity index (χ3v) is 8.65. The zero-order valence-electron chi connectivity index (χ0n) is 20.8. The van der Waals surface area contributed by atoms with Crippen LogP contribution in [0.3, 0.4) is 0 Å². The van der Waals surface area contributed by atoms with Crippen molar-refractivity contribution in [2.75, 3.05) is 13.2 Å². The van der Waals surface area contributed by atoms with E-state index >= 15 is 0 Å². The van der Waals surface area contributed by atoms with Crippen molar-refractivity contribution in [3.8, 4) is 5.75 Å². The van der Waals surface area contributed by atoms with Crippen LogP contribution in [0.5, 0.6) is 5.75 Å². The molecule has 0 N–H and O–H groups in total. The molecule has 5 heterocycles. The second kappa shape index (κ2) is 8.56. The highest BCUT2D eigenvalue weighted by molar-refractivity contribution is 5.81. The van der Waals surface area contributed by atoms with Crippen LogP contribution >= 0.6 is 0 Å².